The minimum atomic E-state index is -0.539. The topological polar surface area (TPSA) is 75.7 Å². The van der Waals surface area contributed by atoms with E-state index in [9.17, 15) is 14.4 Å². The van der Waals surface area contributed by atoms with Crippen molar-refractivity contribution in [3.63, 3.8) is 0 Å². The zero-order valence-corrected chi connectivity index (χ0v) is 14.9. The van der Waals surface area contributed by atoms with Crippen LogP contribution in [0.15, 0.2) is 30.3 Å². The summed E-state index contributed by atoms with van der Waals surface area (Å²) in [5, 5.41) is 2.68. The van der Waals surface area contributed by atoms with Gasteiger partial charge in [0, 0.05) is 19.5 Å². The lowest BCUT2D eigenvalue weighted by Gasteiger charge is -2.24. The Bertz CT molecular complexity index is 601. The molecule has 1 aromatic rings. The molecule has 2 amide bonds. The summed E-state index contributed by atoms with van der Waals surface area (Å²) in [5.74, 6) is -0.000597. The second-order valence-corrected chi connectivity index (χ2v) is 6.82. The third-order valence-corrected chi connectivity index (χ3v) is 4.15. The molecule has 1 atom stereocenters. The fourth-order valence-corrected chi connectivity index (χ4v) is 2.90. The van der Waals surface area contributed by atoms with Crippen molar-refractivity contribution in [2.45, 2.75) is 33.3 Å². The number of nitrogens with one attached hydrogen (secondary N) is 1. The minimum Gasteiger partial charge on any atom is -0.445 e. The number of rotatable bonds is 7. The SMILES string of the molecule is CC(C)C[C@@H](CNC(=O)OCc1ccccc1)C(=O)N1CCC(=O)C1. The number of carbonyl (C=O) groups excluding carboxylic acids is 3. The van der Waals surface area contributed by atoms with Crippen LogP contribution < -0.4 is 5.32 Å². The number of Topliss-reactive ketones (excluding diaryl/α,β-unsaturated/α-hetero) is 1. The van der Waals surface area contributed by atoms with Crippen LogP contribution in [0.4, 0.5) is 4.79 Å². The number of hydrogen-bond acceptors (Lipinski definition) is 4. The normalized spacial score (nSPS) is 15.3. The maximum Gasteiger partial charge on any atom is 0.407 e. The molecule has 25 heavy (non-hydrogen) atoms. The van der Waals surface area contributed by atoms with Crippen molar-refractivity contribution in [3.8, 4) is 0 Å². The van der Waals surface area contributed by atoms with E-state index in [0.717, 1.165) is 5.56 Å². The number of carbonyl (C=O) groups is 3. The summed E-state index contributed by atoms with van der Waals surface area (Å²) in [6, 6.07) is 9.41. The Kier molecular flexibility index (Phi) is 6.98. The molecule has 1 saturated heterocycles. The van der Waals surface area contributed by atoms with Gasteiger partial charge in [0.1, 0.15) is 6.61 Å². The molecule has 1 fully saturated rings. The molecule has 0 bridgehead atoms. The highest BCUT2D eigenvalue weighted by molar-refractivity contribution is 5.90. The maximum atomic E-state index is 12.6. The molecule has 0 radical (unpaired) electrons. The highest BCUT2D eigenvalue weighted by Gasteiger charge is 2.30. The van der Waals surface area contributed by atoms with E-state index in [1.165, 1.54) is 0 Å². The van der Waals surface area contributed by atoms with Gasteiger partial charge in [0.05, 0.1) is 12.5 Å². The van der Waals surface area contributed by atoms with E-state index < -0.39 is 6.09 Å². The summed E-state index contributed by atoms with van der Waals surface area (Å²) in [6.45, 7) is 5.13. The van der Waals surface area contributed by atoms with Crippen molar-refractivity contribution in [1.82, 2.24) is 10.2 Å². The first-order chi connectivity index (χ1) is 12.0. The number of ketones is 1. The van der Waals surface area contributed by atoms with Gasteiger partial charge in [0.15, 0.2) is 5.78 Å². The molecule has 6 heteroatoms. The predicted octanol–water partition coefficient (Wildman–Crippen LogP) is 2.38. The molecule has 0 aliphatic carbocycles. The highest BCUT2D eigenvalue weighted by Crippen LogP contribution is 2.17. The van der Waals surface area contributed by atoms with Gasteiger partial charge in [0.25, 0.3) is 0 Å². The minimum absolute atomic E-state index is 0.0668. The fourth-order valence-electron chi connectivity index (χ4n) is 2.90. The van der Waals surface area contributed by atoms with Gasteiger partial charge >= 0.3 is 6.09 Å². The lowest BCUT2D eigenvalue weighted by molar-refractivity contribution is -0.136. The first kappa shape index (κ1) is 19.0. The summed E-state index contributed by atoms with van der Waals surface area (Å²) >= 11 is 0. The number of benzene rings is 1. The largest absolute Gasteiger partial charge is 0.445 e. The molecule has 0 saturated carbocycles. The van der Waals surface area contributed by atoms with Crippen molar-refractivity contribution in [2.75, 3.05) is 19.6 Å². The van der Waals surface area contributed by atoms with E-state index in [2.05, 4.69) is 5.32 Å². The number of hydrogen-bond donors (Lipinski definition) is 1. The van der Waals surface area contributed by atoms with Gasteiger partial charge in [0.2, 0.25) is 5.91 Å². The first-order valence-electron chi connectivity index (χ1n) is 8.70. The monoisotopic (exact) mass is 346 g/mol. The summed E-state index contributed by atoms with van der Waals surface area (Å²) in [7, 11) is 0. The van der Waals surface area contributed by atoms with Crippen molar-refractivity contribution < 1.29 is 19.1 Å². The Balaban J connectivity index is 1.83. The molecule has 0 unspecified atom stereocenters. The Morgan fingerprint density at radius 1 is 1.24 bits per heavy atom. The number of alkyl carbamates (subject to hydrolysis) is 1. The quantitative estimate of drug-likeness (QED) is 0.822. The third-order valence-electron chi connectivity index (χ3n) is 4.15. The van der Waals surface area contributed by atoms with Crippen molar-refractivity contribution in [1.29, 1.82) is 0 Å². The van der Waals surface area contributed by atoms with Crippen LogP contribution in [0.2, 0.25) is 0 Å². The Morgan fingerprint density at radius 3 is 2.56 bits per heavy atom. The van der Waals surface area contributed by atoms with Gasteiger partial charge in [-0.2, -0.15) is 0 Å². The molecule has 1 aliphatic rings. The second-order valence-electron chi connectivity index (χ2n) is 6.82. The molecular weight excluding hydrogens is 320 g/mol. The number of ether oxygens (including phenoxy) is 1. The number of likely N-dealkylation sites (tertiary alicyclic amines) is 1. The lowest BCUT2D eigenvalue weighted by atomic mass is 9.95. The van der Waals surface area contributed by atoms with E-state index in [1.807, 2.05) is 44.2 Å². The van der Waals surface area contributed by atoms with Gasteiger partial charge in [-0.15, -0.1) is 0 Å². The van der Waals surface area contributed by atoms with E-state index in [4.69, 9.17) is 4.74 Å². The van der Waals surface area contributed by atoms with E-state index in [0.29, 0.717) is 25.3 Å². The van der Waals surface area contributed by atoms with Crippen molar-refractivity contribution in [3.05, 3.63) is 35.9 Å². The Hall–Kier alpha value is -2.37. The van der Waals surface area contributed by atoms with Crippen LogP contribution in [0.5, 0.6) is 0 Å². The van der Waals surface area contributed by atoms with Crippen LogP contribution in [-0.4, -0.2) is 42.3 Å². The Labute approximate surface area is 148 Å². The molecule has 136 valence electrons. The molecule has 1 N–H and O–H groups in total. The molecule has 1 aromatic carbocycles. The van der Waals surface area contributed by atoms with Gasteiger partial charge < -0.3 is 15.0 Å². The van der Waals surface area contributed by atoms with E-state index in [-0.39, 0.29) is 37.3 Å². The molecule has 2 rings (SSSR count). The summed E-state index contributed by atoms with van der Waals surface area (Å²) < 4.78 is 5.18. The highest BCUT2D eigenvalue weighted by atomic mass is 16.5. The van der Waals surface area contributed by atoms with Gasteiger partial charge in [-0.05, 0) is 17.9 Å². The number of amides is 2. The van der Waals surface area contributed by atoms with Crippen LogP contribution in [-0.2, 0) is 20.9 Å². The van der Waals surface area contributed by atoms with Crippen LogP contribution in [0.3, 0.4) is 0 Å². The Morgan fingerprint density at radius 2 is 1.96 bits per heavy atom. The molecular formula is C19H26N2O4. The predicted molar refractivity (Wildman–Crippen MR) is 93.8 cm³/mol. The number of nitrogens with zero attached hydrogens (tertiary/aromatic N) is 1. The van der Waals surface area contributed by atoms with Crippen LogP contribution in [0.1, 0.15) is 32.3 Å². The van der Waals surface area contributed by atoms with Crippen LogP contribution >= 0.6 is 0 Å². The summed E-state index contributed by atoms with van der Waals surface area (Å²) in [5.41, 5.74) is 0.906. The molecule has 6 nitrogen and oxygen atoms in total. The first-order valence-corrected chi connectivity index (χ1v) is 8.70. The van der Waals surface area contributed by atoms with Crippen LogP contribution in [0.25, 0.3) is 0 Å². The fraction of sp³-hybridized carbons (Fsp3) is 0.526. The molecule has 0 aromatic heterocycles. The summed E-state index contributed by atoms with van der Waals surface area (Å²) in [6.07, 6.45) is 0.540. The van der Waals surface area contributed by atoms with Crippen molar-refractivity contribution in [2.24, 2.45) is 11.8 Å². The van der Waals surface area contributed by atoms with E-state index in [1.54, 1.807) is 4.90 Å². The van der Waals surface area contributed by atoms with Crippen LogP contribution in [0, 0.1) is 11.8 Å². The smallest absolute Gasteiger partial charge is 0.407 e. The van der Waals surface area contributed by atoms with Gasteiger partial charge in [-0.25, -0.2) is 4.79 Å². The molecule has 0 spiro atoms. The van der Waals surface area contributed by atoms with Crippen molar-refractivity contribution >= 4 is 17.8 Å². The lowest BCUT2D eigenvalue weighted by Crippen LogP contribution is -2.41. The second kappa shape index (κ2) is 9.20. The average Bonchev–Trinajstić information content (AvgIpc) is 3.03. The standard InChI is InChI=1S/C19H26N2O4/c1-14(2)10-16(18(23)21-9-8-17(22)12-21)11-20-19(24)25-13-15-6-4-3-5-7-15/h3-7,14,16H,8-13H2,1-2H3,(H,20,24)/t16-/m0/s1. The summed E-state index contributed by atoms with van der Waals surface area (Å²) in [4.78, 5) is 37.5. The maximum absolute atomic E-state index is 12.6. The third kappa shape index (κ3) is 6.21. The molecule has 1 heterocycles. The average molecular weight is 346 g/mol. The molecule has 1 aliphatic heterocycles. The van der Waals surface area contributed by atoms with Gasteiger partial charge in [-0.1, -0.05) is 44.2 Å². The van der Waals surface area contributed by atoms with E-state index >= 15 is 0 Å². The zero-order valence-electron chi connectivity index (χ0n) is 14.9. The van der Waals surface area contributed by atoms with Gasteiger partial charge in [-0.3, -0.25) is 9.59 Å². The zero-order chi connectivity index (χ0) is 18.2.